The lowest BCUT2D eigenvalue weighted by Gasteiger charge is -2.20. The van der Waals surface area contributed by atoms with Gasteiger partial charge in [0.2, 0.25) is 5.89 Å². The van der Waals surface area contributed by atoms with Crippen molar-refractivity contribution in [3.8, 4) is 0 Å². The Morgan fingerprint density at radius 3 is 2.63 bits per heavy atom. The van der Waals surface area contributed by atoms with Crippen LogP contribution in [0.3, 0.4) is 0 Å². The second-order valence-electron chi connectivity index (χ2n) is 9.35. The molecule has 0 spiro atoms. The van der Waals surface area contributed by atoms with Crippen LogP contribution in [0.5, 0.6) is 0 Å². The third-order valence-corrected chi connectivity index (χ3v) is 5.82. The SMILES string of the molecule is Cc1ccc2c(C)c(C(=O)N3CCCN(Cc4ncc(C(C)(C)C)o4)CC3)oc2c1. The maximum atomic E-state index is 13.2. The van der Waals surface area contributed by atoms with Crippen molar-refractivity contribution < 1.29 is 13.6 Å². The van der Waals surface area contributed by atoms with Gasteiger partial charge in [-0.2, -0.15) is 0 Å². The lowest BCUT2D eigenvalue weighted by molar-refractivity contribution is 0.0730. The maximum absolute atomic E-state index is 13.2. The highest BCUT2D eigenvalue weighted by molar-refractivity contribution is 5.99. The predicted molar refractivity (Wildman–Crippen MR) is 117 cm³/mol. The number of hydrogen-bond acceptors (Lipinski definition) is 5. The van der Waals surface area contributed by atoms with E-state index in [2.05, 4.69) is 36.7 Å². The normalized spacial score (nSPS) is 16.2. The summed E-state index contributed by atoms with van der Waals surface area (Å²) in [6, 6.07) is 6.08. The Hall–Kier alpha value is -2.60. The number of amides is 1. The summed E-state index contributed by atoms with van der Waals surface area (Å²) in [5.74, 6) is 2.09. The summed E-state index contributed by atoms with van der Waals surface area (Å²) in [6.45, 7) is 14.1. The monoisotopic (exact) mass is 409 g/mol. The lowest BCUT2D eigenvalue weighted by atomic mass is 9.94. The van der Waals surface area contributed by atoms with Crippen molar-refractivity contribution in [3.63, 3.8) is 0 Å². The number of carbonyl (C=O) groups is 1. The van der Waals surface area contributed by atoms with E-state index in [1.165, 1.54) is 0 Å². The summed E-state index contributed by atoms with van der Waals surface area (Å²) in [6.07, 6.45) is 2.74. The summed E-state index contributed by atoms with van der Waals surface area (Å²) in [7, 11) is 0. The van der Waals surface area contributed by atoms with Gasteiger partial charge in [0.1, 0.15) is 11.3 Å². The van der Waals surface area contributed by atoms with Crippen molar-refractivity contribution in [2.75, 3.05) is 26.2 Å². The number of furan rings is 1. The van der Waals surface area contributed by atoms with E-state index in [1.807, 2.05) is 37.1 Å². The fraction of sp³-hybridized carbons (Fsp3) is 0.500. The quantitative estimate of drug-likeness (QED) is 0.628. The van der Waals surface area contributed by atoms with E-state index in [0.717, 1.165) is 59.8 Å². The predicted octanol–water partition coefficient (Wildman–Crippen LogP) is 4.68. The molecule has 3 heterocycles. The van der Waals surface area contributed by atoms with Gasteiger partial charge in [-0.25, -0.2) is 4.98 Å². The first kappa shape index (κ1) is 20.7. The van der Waals surface area contributed by atoms with Crippen molar-refractivity contribution in [1.82, 2.24) is 14.8 Å². The first-order valence-electron chi connectivity index (χ1n) is 10.7. The first-order chi connectivity index (χ1) is 14.2. The number of hydrogen-bond donors (Lipinski definition) is 0. The maximum Gasteiger partial charge on any atom is 0.289 e. The Kier molecular flexibility index (Phi) is 5.45. The molecule has 1 saturated heterocycles. The summed E-state index contributed by atoms with van der Waals surface area (Å²) in [4.78, 5) is 21.9. The molecule has 1 aliphatic rings. The van der Waals surface area contributed by atoms with Gasteiger partial charge in [0.25, 0.3) is 5.91 Å². The molecule has 4 rings (SSSR count). The second-order valence-corrected chi connectivity index (χ2v) is 9.35. The van der Waals surface area contributed by atoms with Crippen molar-refractivity contribution in [2.24, 2.45) is 0 Å². The van der Waals surface area contributed by atoms with E-state index in [4.69, 9.17) is 8.83 Å². The molecule has 0 radical (unpaired) electrons. The lowest BCUT2D eigenvalue weighted by Crippen LogP contribution is -2.35. The Labute approximate surface area is 177 Å². The highest BCUT2D eigenvalue weighted by Gasteiger charge is 2.26. The number of aryl methyl sites for hydroxylation is 2. The Bertz CT molecular complexity index is 1060. The van der Waals surface area contributed by atoms with E-state index >= 15 is 0 Å². The summed E-state index contributed by atoms with van der Waals surface area (Å²) >= 11 is 0. The number of rotatable bonds is 3. The van der Waals surface area contributed by atoms with Gasteiger partial charge in [-0.05, 0) is 31.9 Å². The van der Waals surface area contributed by atoms with Crippen LogP contribution in [0.25, 0.3) is 11.0 Å². The van der Waals surface area contributed by atoms with Crippen LogP contribution in [0.4, 0.5) is 0 Å². The smallest absolute Gasteiger partial charge is 0.289 e. The van der Waals surface area contributed by atoms with Crippen molar-refractivity contribution in [1.29, 1.82) is 0 Å². The van der Waals surface area contributed by atoms with E-state index < -0.39 is 0 Å². The van der Waals surface area contributed by atoms with Gasteiger partial charge in [0.05, 0.1) is 12.7 Å². The fourth-order valence-electron chi connectivity index (χ4n) is 3.93. The summed E-state index contributed by atoms with van der Waals surface area (Å²) in [5.41, 5.74) is 2.79. The number of oxazole rings is 1. The molecule has 0 saturated carbocycles. The van der Waals surface area contributed by atoms with Gasteiger partial charge in [0.15, 0.2) is 5.76 Å². The zero-order valence-electron chi connectivity index (χ0n) is 18.6. The average molecular weight is 410 g/mol. The third kappa shape index (κ3) is 4.15. The van der Waals surface area contributed by atoms with Crippen LogP contribution in [-0.4, -0.2) is 46.9 Å². The van der Waals surface area contributed by atoms with Crippen molar-refractivity contribution in [2.45, 2.75) is 53.0 Å². The minimum Gasteiger partial charge on any atom is -0.451 e. The Morgan fingerprint density at radius 1 is 1.10 bits per heavy atom. The van der Waals surface area contributed by atoms with Gasteiger partial charge < -0.3 is 13.7 Å². The molecule has 1 aromatic carbocycles. The van der Waals surface area contributed by atoms with Crippen molar-refractivity contribution >= 4 is 16.9 Å². The van der Waals surface area contributed by atoms with Gasteiger partial charge in [-0.1, -0.05) is 32.9 Å². The summed E-state index contributed by atoms with van der Waals surface area (Å²) < 4.78 is 11.9. The zero-order chi connectivity index (χ0) is 21.5. The number of nitrogens with zero attached hydrogens (tertiary/aromatic N) is 3. The van der Waals surface area contributed by atoms with Crippen molar-refractivity contribution in [3.05, 3.63) is 52.9 Å². The van der Waals surface area contributed by atoms with Crippen LogP contribution in [-0.2, 0) is 12.0 Å². The Morgan fingerprint density at radius 2 is 1.90 bits per heavy atom. The molecule has 30 heavy (non-hydrogen) atoms. The van der Waals surface area contributed by atoms with Crippen LogP contribution >= 0.6 is 0 Å². The highest BCUT2D eigenvalue weighted by Crippen LogP contribution is 2.28. The molecule has 3 aromatic rings. The first-order valence-corrected chi connectivity index (χ1v) is 10.7. The Balaban J connectivity index is 1.43. The van der Waals surface area contributed by atoms with E-state index in [0.29, 0.717) is 18.8 Å². The molecule has 0 N–H and O–H groups in total. The molecular weight excluding hydrogens is 378 g/mol. The molecule has 1 amide bonds. The molecular formula is C24H31N3O3. The minimum absolute atomic E-state index is 0.0191. The van der Waals surface area contributed by atoms with E-state index in [-0.39, 0.29) is 11.3 Å². The minimum atomic E-state index is -0.0454. The molecule has 6 nitrogen and oxygen atoms in total. The second kappa shape index (κ2) is 7.91. The number of fused-ring (bicyclic) bond motifs is 1. The standard InChI is InChI=1S/C24H31N3O3/c1-16-7-8-18-17(2)22(29-19(18)13-16)23(28)27-10-6-9-26(11-12-27)15-21-25-14-20(30-21)24(3,4)5/h7-8,13-14H,6,9-12,15H2,1-5H3. The molecule has 6 heteroatoms. The molecule has 0 atom stereocenters. The fourth-order valence-corrected chi connectivity index (χ4v) is 3.93. The van der Waals surface area contributed by atoms with Gasteiger partial charge >= 0.3 is 0 Å². The van der Waals surface area contributed by atoms with Gasteiger partial charge in [-0.3, -0.25) is 9.69 Å². The topological polar surface area (TPSA) is 62.7 Å². The largest absolute Gasteiger partial charge is 0.451 e. The average Bonchev–Trinajstić information content (AvgIpc) is 3.20. The van der Waals surface area contributed by atoms with Gasteiger partial charge in [-0.15, -0.1) is 0 Å². The summed E-state index contributed by atoms with van der Waals surface area (Å²) in [5, 5.41) is 1.01. The number of carbonyl (C=O) groups excluding carboxylic acids is 1. The highest BCUT2D eigenvalue weighted by atomic mass is 16.4. The van der Waals surface area contributed by atoms with Crippen LogP contribution < -0.4 is 0 Å². The molecule has 0 aliphatic carbocycles. The van der Waals surface area contributed by atoms with Crippen LogP contribution in [0.15, 0.2) is 33.2 Å². The van der Waals surface area contributed by atoms with Crippen LogP contribution in [0.2, 0.25) is 0 Å². The molecule has 1 fully saturated rings. The molecule has 0 bridgehead atoms. The molecule has 1 aliphatic heterocycles. The third-order valence-electron chi connectivity index (χ3n) is 5.82. The molecule has 0 unspecified atom stereocenters. The van der Waals surface area contributed by atoms with Gasteiger partial charge in [0, 0.05) is 42.5 Å². The van der Waals surface area contributed by atoms with Crippen LogP contribution in [0, 0.1) is 13.8 Å². The van der Waals surface area contributed by atoms with Crippen LogP contribution in [0.1, 0.15) is 60.5 Å². The van der Waals surface area contributed by atoms with E-state index in [1.54, 1.807) is 0 Å². The zero-order valence-corrected chi connectivity index (χ0v) is 18.6. The molecule has 2 aromatic heterocycles. The van der Waals surface area contributed by atoms with E-state index in [9.17, 15) is 4.79 Å². The molecule has 160 valence electrons. The number of aromatic nitrogens is 1. The number of benzene rings is 1.